The summed E-state index contributed by atoms with van der Waals surface area (Å²) in [6.45, 7) is 3.95. The highest BCUT2D eigenvalue weighted by Crippen LogP contribution is 2.32. The van der Waals surface area contributed by atoms with E-state index in [2.05, 4.69) is 10.3 Å². The van der Waals surface area contributed by atoms with Gasteiger partial charge < -0.3 is 9.84 Å². The minimum atomic E-state index is -0.475. The number of methoxy groups -OCH3 is 1. The first kappa shape index (κ1) is 13.0. The van der Waals surface area contributed by atoms with E-state index in [-0.39, 0.29) is 17.7 Å². The molecule has 1 fully saturated rings. The van der Waals surface area contributed by atoms with Crippen molar-refractivity contribution in [3.63, 3.8) is 0 Å². The van der Waals surface area contributed by atoms with Gasteiger partial charge in [0.15, 0.2) is 5.69 Å². The number of aromatic nitrogens is 3. The van der Waals surface area contributed by atoms with Crippen LogP contribution in [0.5, 0.6) is 0 Å². The maximum atomic E-state index is 11.6. The molecule has 0 bridgehead atoms. The van der Waals surface area contributed by atoms with E-state index >= 15 is 0 Å². The largest absolute Gasteiger partial charge is 0.464 e. The molecule has 2 atom stereocenters. The summed E-state index contributed by atoms with van der Waals surface area (Å²) in [6, 6.07) is -0.0756. The van der Waals surface area contributed by atoms with Gasteiger partial charge in [-0.3, -0.25) is 0 Å². The molecule has 2 rings (SSSR count). The molecule has 0 saturated heterocycles. The van der Waals surface area contributed by atoms with Crippen molar-refractivity contribution in [1.82, 2.24) is 15.0 Å². The van der Waals surface area contributed by atoms with Crippen LogP contribution in [0.3, 0.4) is 0 Å². The summed E-state index contributed by atoms with van der Waals surface area (Å²) in [4.78, 5) is 11.6. The van der Waals surface area contributed by atoms with Gasteiger partial charge >= 0.3 is 5.97 Å². The Balaban J connectivity index is 2.42. The topological polar surface area (TPSA) is 77.2 Å². The maximum Gasteiger partial charge on any atom is 0.360 e. The van der Waals surface area contributed by atoms with Gasteiger partial charge in [-0.25, -0.2) is 9.48 Å². The van der Waals surface area contributed by atoms with Gasteiger partial charge in [-0.2, -0.15) is 0 Å². The highest BCUT2D eigenvalue weighted by molar-refractivity contribution is 5.88. The van der Waals surface area contributed by atoms with E-state index in [1.54, 1.807) is 4.68 Å². The van der Waals surface area contributed by atoms with Gasteiger partial charge in [-0.15, -0.1) is 5.10 Å². The van der Waals surface area contributed by atoms with Gasteiger partial charge in [0.05, 0.1) is 24.9 Å². The highest BCUT2D eigenvalue weighted by atomic mass is 16.5. The number of esters is 1. The molecule has 0 aromatic carbocycles. The van der Waals surface area contributed by atoms with Crippen molar-refractivity contribution in [3.8, 4) is 0 Å². The normalized spacial score (nSPS) is 23.6. The smallest absolute Gasteiger partial charge is 0.360 e. The van der Waals surface area contributed by atoms with Crippen LogP contribution in [0.15, 0.2) is 0 Å². The average Bonchev–Trinajstić information content (AvgIpc) is 2.93. The van der Waals surface area contributed by atoms with Gasteiger partial charge in [0.1, 0.15) is 0 Å². The van der Waals surface area contributed by atoms with Gasteiger partial charge in [0, 0.05) is 0 Å². The molecule has 100 valence electrons. The first-order chi connectivity index (χ1) is 8.56. The van der Waals surface area contributed by atoms with Crippen LogP contribution in [0.2, 0.25) is 0 Å². The van der Waals surface area contributed by atoms with Gasteiger partial charge in [-0.05, 0) is 25.2 Å². The summed E-state index contributed by atoms with van der Waals surface area (Å²) in [5, 5.41) is 17.9. The molecule has 0 spiro atoms. The Hall–Kier alpha value is -1.43. The van der Waals surface area contributed by atoms with Crippen LogP contribution in [-0.4, -0.2) is 39.3 Å². The second-order valence-electron chi connectivity index (χ2n) is 4.98. The Labute approximate surface area is 106 Å². The second kappa shape index (κ2) is 5.06. The third-order valence-electron chi connectivity index (χ3n) is 3.41. The van der Waals surface area contributed by atoms with Crippen LogP contribution in [0.4, 0.5) is 0 Å². The highest BCUT2D eigenvalue weighted by Gasteiger charge is 2.32. The number of aliphatic hydroxyl groups is 1. The first-order valence-electron chi connectivity index (χ1n) is 6.27. The van der Waals surface area contributed by atoms with E-state index in [1.807, 2.05) is 13.8 Å². The van der Waals surface area contributed by atoms with Crippen molar-refractivity contribution in [2.45, 2.75) is 51.2 Å². The fraction of sp³-hybridized carbons (Fsp3) is 0.750. The molecule has 1 aromatic rings. The molecule has 1 N–H and O–H groups in total. The number of rotatable bonds is 3. The number of hydrogen-bond acceptors (Lipinski definition) is 5. The Morgan fingerprint density at radius 1 is 1.50 bits per heavy atom. The van der Waals surface area contributed by atoms with Crippen molar-refractivity contribution < 1.29 is 14.6 Å². The standard InChI is InChI=1S/C12H19N3O3/c1-7(2)11-10(12(17)18-3)13-14-15(11)8-5-4-6-9(8)16/h7-9,16H,4-6H2,1-3H3. The predicted octanol–water partition coefficient (Wildman–Crippen LogP) is 1.27. The Kier molecular flexibility index (Phi) is 3.65. The lowest BCUT2D eigenvalue weighted by atomic mass is 10.1. The van der Waals surface area contributed by atoms with E-state index in [9.17, 15) is 9.90 Å². The molecule has 1 aromatic heterocycles. The first-order valence-corrected chi connectivity index (χ1v) is 6.27. The van der Waals surface area contributed by atoms with E-state index < -0.39 is 12.1 Å². The lowest BCUT2D eigenvalue weighted by Gasteiger charge is -2.19. The van der Waals surface area contributed by atoms with Gasteiger partial charge in [0.2, 0.25) is 0 Å². The third kappa shape index (κ3) is 2.12. The third-order valence-corrected chi connectivity index (χ3v) is 3.41. The fourth-order valence-corrected chi connectivity index (χ4v) is 2.53. The quantitative estimate of drug-likeness (QED) is 0.821. The number of carbonyl (C=O) groups is 1. The molecule has 0 aliphatic heterocycles. The fourth-order valence-electron chi connectivity index (χ4n) is 2.53. The number of aliphatic hydroxyl groups excluding tert-OH is 1. The lowest BCUT2D eigenvalue weighted by molar-refractivity contribution is 0.0591. The molecule has 0 radical (unpaired) electrons. The Morgan fingerprint density at radius 3 is 2.72 bits per heavy atom. The molecule has 18 heavy (non-hydrogen) atoms. The van der Waals surface area contributed by atoms with Crippen LogP contribution in [0.25, 0.3) is 0 Å². The molecule has 1 aliphatic carbocycles. The average molecular weight is 253 g/mol. The molecule has 0 amide bonds. The number of carbonyl (C=O) groups excluding carboxylic acids is 1. The van der Waals surface area contributed by atoms with E-state index in [1.165, 1.54) is 7.11 Å². The SMILES string of the molecule is COC(=O)c1nnn(C2CCCC2O)c1C(C)C. The number of ether oxygens (including phenoxy) is 1. The molecule has 6 nitrogen and oxygen atoms in total. The summed E-state index contributed by atoms with van der Waals surface area (Å²) < 4.78 is 6.42. The monoisotopic (exact) mass is 253 g/mol. The summed E-state index contributed by atoms with van der Waals surface area (Å²) in [7, 11) is 1.33. The second-order valence-corrected chi connectivity index (χ2v) is 4.98. The minimum absolute atomic E-state index is 0.0756. The summed E-state index contributed by atoms with van der Waals surface area (Å²) in [5.74, 6) is -0.376. The van der Waals surface area contributed by atoms with Crippen LogP contribution in [0, 0.1) is 0 Å². The molecular weight excluding hydrogens is 234 g/mol. The minimum Gasteiger partial charge on any atom is -0.464 e. The van der Waals surface area contributed by atoms with Crippen molar-refractivity contribution in [3.05, 3.63) is 11.4 Å². The summed E-state index contributed by atoms with van der Waals surface area (Å²) in [5.41, 5.74) is 0.999. The zero-order valence-corrected chi connectivity index (χ0v) is 11.0. The maximum absolute atomic E-state index is 11.6. The zero-order valence-electron chi connectivity index (χ0n) is 11.0. The van der Waals surface area contributed by atoms with E-state index in [4.69, 9.17) is 4.74 Å². The van der Waals surface area contributed by atoms with E-state index in [0.29, 0.717) is 0 Å². The molecule has 2 unspecified atom stereocenters. The van der Waals surface area contributed by atoms with Crippen molar-refractivity contribution >= 4 is 5.97 Å². The van der Waals surface area contributed by atoms with Gasteiger partial charge in [-0.1, -0.05) is 19.1 Å². The molecule has 1 aliphatic rings. The molecule has 1 heterocycles. The summed E-state index contributed by atoms with van der Waals surface area (Å²) >= 11 is 0. The van der Waals surface area contributed by atoms with Crippen LogP contribution in [0.1, 0.15) is 61.3 Å². The number of nitrogens with zero attached hydrogens (tertiary/aromatic N) is 3. The van der Waals surface area contributed by atoms with Crippen molar-refractivity contribution in [2.75, 3.05) is 7.11 Å². The predicted molar refractivity (Wildman–Crippen MR) is 64.3 cm³/mol. The van der Waals surface area contributed by atoms with Crippen molar-refractivity contribution in [2.24, 2.45) is 0 Å². The number of hydrogen-bond donors (Lipinski definition) is 1. The Bertz CT molecular complexity index is 442. The Morgan fingerprint density at radius 2 is 2.22 bits per heavy atom. The van der Waals surface area contributed by atoms with Crippen LogP contribution in [-0.2, 0) is 4.74 Å². The van der Waals surface area contributed by atoms with Gasteiger partial charge in [0.25, 0.3) is 0 Å². The molecule has 1 saturated carbocycles. The lowest BCUT2D eigenvalue weighted by Crippen LogP contribution is -2.22. The summed E-state index contributed by atoms with van der Waals surface area (Å²) in [6.07, 6.45) is 2.20. The van der Waals surface area contributed by atoms with Crippen LogP contribution >= 0.6 is 0 Å². The zero-order chi connectivity index (χ0) is 13.3. The molecule has 6 heteroatoms. The van der Waals surface area contributed by atoms with E-state index in [0.717, 1.165) is 25.0 Å². The van der Waals surface area contributed by atoms with Crippen molar-refractivity contribution in [1.29, 1.82) is 0 Å². The molecular formula is C12H19N3O3. The van der Waals surface area contributed by atoms with Crippen LogP contribution < -0.4 is 0 Å².